The second kappa shape index (κ2) is 5.52. The lowest BCUT2D eigenvalue weighted by atomic mass is 9.95. The van der Waals surface area contributed by atoms with E-state index in [0.29, 0.717) is 24.4 Å². The van der Waals surface area contributed by atoms with Crippen molar-refractivity contribution in [2.24, 2.45) is 0 Å². The highest BCUT2D eigenvalue weighted by molar-refractivity contribution is 5.68. The smallest absolute Gasteiger partial charge is 0.410 e. The van der Waals surface area contributed by atoms with E-state index in [1.54, 1.807) is 18.3 Å². The molecule has 1 aliphatic heterocycles. The van der Waals surface area contributed by atoms with Crippen molar-refractivity contribution in [2.75, 3.05) is 20.2 Å². The summed E-state index contributed by atoms with van der Waals surface area (Å²) in [5, 5.41) is 10.7. The first-order chi connectivity index (χ1) is 9.73. The van der Waals surface area contributed by atoms with Crippen molar-refractivity contribution in [2.45, 2.75) is 38.4 Å². The van der Waals surface area contributed by atoms with E-state index in [1.807, 2.05) is 20.8 Å². The molecule has 1 unspecified atom stereocenters. The van der Waals surface area contributed by atoms with Crippen LogP contribution in [0.4, 0.5) is 4.79 Å². The summed E-state index contributed by atoms with van der Waals surface area (Å²) in [6, 6.07) is 3.47. The number of hydrogen-bond donors (Lipinski definition) is 1. The van der Waals surface area contributed by atoms with E-state index in [4.69, 9.17) is 9.47 Å². The monoisotopic (exact) mass is 294 g/mol. The van der Waals surface area contributed by atoms with E-state index in [2.05, 4.69) is 4.98 Å². The summed E-state index contributed by atoms with van der Waals surface area (Å²) < 4.78 is 10.3. The zero-order valence-electron chi connectivity index (χ0n) is 12.9. The van der Waals surface area contributed by atoms with Crippen LogP contribution >= 0.6 is 0 Å². The van der Waals surface area contributed by atoms with Crippen LogP contribution in [-0.2, 0) is 10.3 Å². The molecule has 6 heteroatoms. The van der Waals surface area contributed by atoms with Gasteiger partial charge in [0.15, 0.2) is 0 Å². The van der Waals surface area contributed by atoms with Crippen LogP contribution in [0.5, 0.6) is 5.88 Å². The summed E-state index contributed by atoms with van der Waals surface area (Å²) in [6.07, 6.45) is 1.64. The normalized spacial score (nSPS) is 22.2. The molecule has 0 aliphatic carbocycles. The number of aliphatic hydroxyl groups is 1. The van der Waals surface area contributed by atoms with Crippen molar-refractivity contribution in [3.8, 4) is 5.88 Å². The van der Waals surface area contributed by atoms with Crippen LogP contribution in [0.2, 0.25) is 0 Å². The van der Waals surface area contributed by atoms with Crippen LogP contribution in [0.15, 0.2) is 18.3 Å². The fourth-order valence-corrected chi connectivity index (χ4v) is 2.29. The molecule has 2 heterocycles. The second-order valence-corrected chi connectivity index (χ2v) is 6.27. The van der Waals surface area contributed by atoms with Crippen LogP contribution in [0.1, 0.15) is 32.8 Å². The number of amides is 1. The number of rotatable bonds is 2. The molecule has 116 valence electrons. The summed E-state index contributed by atoms with van der Waals surface area (Å²) in [6.45, 7) is 6.12. The summed E-state index contributed by atoms with van der Waals surface area (Å²) >= 11 is 0. The Morgan fingerprint density at radius 1 is 1.43 bits per heavy atom. The molecule has 1 saturated heterocycles. The Bertz CT molecular complexity index is 509. The Labute approximate surface area is 124 Å². The molecular weight excluding hydrogens is 272 g/mol. The van der Waals surface area contributed by atoms with E-state index in [-0.39, 0.29) is 6.54 Å². The maximum atomic E-state index is 12.0. The molecule has 6 nitrogen and oxygen atoms in total. The second-order valence-electron chi connectivity index (χ2n) is 6.27. The molecule has 1 aromatic rings. The lowest BCUT2D eigenvalue weighted by Crippen LogP contribution is -2.38. The van der Waals surface area contributed by atoms with Crippen LogP contribution in [0.3, 0.4) is 0 Å². The number of carbonyl (C=O) groups excluding carboxylic acids is 1. The van der Waals surface area contributed by atoms with Gasteiger partial charge in [-0.3, -0.25) is 0 Å². The molecule has 0 aromatic carbocycles. The van der Waals surface area contributed by atoms with Gasteiger partial charge in [0.25, 0.3) is 0 Å². The minimum atomic E-state index is -1.09. The Morgan fingerprint density at radius 2 is 2.14 bits per heavy atom. The van der Waals surface area contributed by atoms with E-state index in [9.17, 15) is 9.90 Å². The topological polar surface area (TPSA) is 71.9 Å². The number of pyridine rings is 1. The largest absolute Gasteiger partial charge is 0.481 e. The highest BCUT2D eigenvalue weighted by Gasteiger charge is 2.41. The van der Waals surface area contributed by atoms with Crippen molar-refractivity contribution in [3.05, 3.63) is 23.9 Å². The molecule has 1 N–H and O–H groups in total. The van der Waals surface area contributed by atoms with Crippen molar-refractivity contribution < 1.29 is 19.4 Å². The predicted octanol–water partition coefficient (Wildman–Crippen LogP) is 1.92. The number of aromatic nitrogens is 1. The molecular formula is C15H22N2O4. The third-order valence-corrected chi connectivity index (χ3v) is 3.38. The first kappa shape index (κ1) is 15.6. The van der Waals surface area contributed by atoms with Crippen molar-refractivity contribution in [1.29, 1.82) is 0 Å². The van der Waals surface area contributed by atoms with Gasteiger partial charge in [-0.15, -0.1) is 0 Å². The van der Waals surface area contributed by atoms with E-state index >= 15 is 0 Å². The first-order valence-corrected chi connectivity index (χ1v) is 6.94. The number of ether oxygens (including phenoxy) is 2. The first-order valence-electron chi connectivity index (χ1n) is 6.94. The van der Waals surface area contributed by atoms with Gasteiger partial charge in [0.05, 0.1) is 13.7 Å². The molecule has 1 fully saturated rings. The third kappa shape index (κ3) is 3.64. The van der Waals surface area contributed by atoms with E-state index < -0.39 is 17.3 Å². The van der Waals surface area contributed by atoms with Crippen molar-refractivity contribution in [1.82, 2.24) is 9.88 Å². The van der Waals surface area contributed by atoms with Gasteiger partial charge in [0.1, 0.15) is 11.2 Å². The molecule has 0 bridgehead atoms. The standard InChI is InChI=1S/C15H22N2O4/c1-14(2,3)21-13(18)17-8-7-15(19,10-17)11-5-6-12(20-4)16-9-11/h5-6,9,19H,7-8,10H2,1-4H3. The Morgan fingerprint density at radius 3 is 2.67 bits per heavy atom. The summed E-state index contributed by atoms with van der Waals surface area (Å²) in [5.74, 6) is 0.490. The van der Waals surface area contributed by atoms with Crippen LogP contribution in [0, 0.1) is 0 Å². The molecule has 0 spiro atoms. The van der Waals surface area contributed by atoms with E-state index in [0.717, 1.165) is 0 Å². The van der Waals surface area contributed by atoms with Gasteiger partial charge < -0.3 is 19.5 Å². The highest BCUT2D eigenvalue weighted by Crippen LogP contribution is 2.32. The van der Waals surface area contributed by atoms with Gasteiger partial charge in [-0.25, -0.2) is 9.78 Å². The zero-order valence-corrected chi connectivity index (χ0v) is 12.9. The predicted molar refractivity (Wildman–Crippen MR) is 77.1 cm³/mol. The fraction of sp³-hybridized carbons (Fsp3) is 0.600. The molecule has 21 heavy (non-hydrogen) atoms. The highest BCUT2D eigenvalue weighted by atomic mass is 16.6. The van der Waals surface area contributed by atoms with Crippen LogP contribution in [0.25, 0.3) is 0 Å². The third-order valence-electron chi connectivity index (χ3n) is 3.38. The molecule has 1 aromatic heterocycles. The summed E-state index contributed by atoms with van der Waals surface area (Å²) in [4.78, 5) is 17.7. The molecule has 2 rings (SSSR count). The average Bonchev–Trinajstić information content (AvgIpc) is 2.81. The molecule has 1 amide bonds. The molecule has 0 saturated carbocycles. The minimum Gasteiger partial charge on any atom is -0.481 e. The van der Waals surface area contributed by atoms with Crippen molar-refractivity contribution >= 4 is 6.09 Å². The van der Waals surface area contributed by atoms with Gasteiger partial charge in [0, 0.05) is 24.4 Å². The number of nitrogens with zero attached hydrogens (tertiary/aromatic N) is 2. The number of hydrogen-bond acceptors (Lipinski definition) is 5. The molecule has 1 aliphatic rings. The number of likely N-dealkylation sites (tertiary alicyclic amines) is 1. The lowest BCUT2D eigenvalue weighted by Gasteiger charge is -2.26. The van der Waals surface area contributed by atoms with Gasteiger partial charge >= 0.3 is 6.09 Å². The van der Waals surface area contributed by atoms with Gasteiger partial charge in [0.2, 0.25) is 5.88 Å². The van der Waals surface area contributed by atoms with Gasteiger partial charge in [-0.2, -0.15) is 0 Å². The maximum Gasteiger partial charge on any atom is 0.410 e. The Hall–Kier alpha value is -1.82. The number of β-amino-alcohol motifs (C(OH)–C–C–N with tert-alkyl or cyclic N) is 1. The minimum absolute atomic E-state index is 0.204. The average molecular weight is 294 g/mol. The summed E-state index contributed by atoms with van der Waals surface area (Å²) in [7, 11) is 1.54. The SMILES string of the molecule is COc1ccc(C2(O)CCN(C(=O)OC(C)(C)C)C2)cn1. The maximum absolute atomic E-state index is 12.0. The van der Waals surface area contributed by atoms with Gasteiger partial charge in [-0.1, -0.05) is 0 Å². The van der Waals surface area contributed by atoms with Crippen LogP contribution in [-0.4, -0.2) is 46.9 Å². The summed E-state index contributed by atoms with van der Waals surface area (Å²) in [5.41, 5.74) is -0.954. The van der Waals surface area contributed by atoms with E-state index in [1.165, 1.54) is 12.0 Å². The molecule has 1 atom stereocenters. The molecule has 0 radical (unpaired) electrons. The van der Waals surface area contributed by atoms with Crippen LogP contribution < -0.4 is 4.74 Å². The lowest BCUT2D eigenvalue weighted by molar-refractivity contribution is 0.0139. The number of carbonyl (C=O) groups is 1. The quantitative estimate of drug-likeness (QED) is 0.902. The van der Waals surface area contributed by atoms with Crippen molar-refractivity contribution in [3.63, 3.8) is 0 Å². The Balaban J connectivity index is 2.07. The Kier molecular flexibility index (Phi) is 4.09. The zero-order chi connectivity index (χ0) is 15.7. The van der Waals surface area contributed by atoms with Gasteiger partial charge in [-0.05, 0) is 33.3 Å². The number of methoxy groups -OCH3 is 1. The fourth-order valence-electron chi connectivity index (χ4n) is 2.29.